The molecule has 0 fully saturated rings. The van der Waals surface area contributed by atoms with Crippen LogP contribution in [-0.2, 0) is 0 Å². The van der Waals surface area contributed by atoms with E-state index in [-0.39, 0.29) is 0 Å². The summed E-state index contributed by atoms with van der Waals surface area (Å²) in [5, 5.41) is 8.89. The molecule has 1 rings (SSSR count). The van der Waals surface area contributed by atoms with E-state index in [2.05, 4.69) is 24.8 Å². The Morgan fingerprint density at radius 3 is 2.22 bits per heavy atom. The number of anilines is 2. The number of hydrogen-bond acceptors (Lipinski definition) is 3. The van der Waals surface area contributed by atoms with Gasteiger partial charge in [-0.15, -0.1) is 0 Å². The zero-order chi connectivity index (χ0) is 13.4. The van der Waals surface area contributed by atoms with Gasteiger partial charge in [-0.25, -0.2) is 0 Å². The van der Waals surface area contributed by atoms with Gasteiger partial charge < -0.3 is 10.6 Å². The summed E-state index contributed by atoms with van der Waals surface area (Å²) < 4.78 is 0. The number of nitrogen functional groups attached to an aromatic ring is 1. The van der Waals surface area contributed by atoms with E-state index in [1.807, 2.05) is 18.2 Å². The maximum atomic E-state index is 8.89. The van der Waals surface area contributed by atoms with E-state index in [0.717, 1.165) is 18.8 Å². The molecular formula is C15H23N3. The van der Waals surface area contributed by atoms with Crippen molar-refractivity contribution < 1.29 is 0 Å². The van der Waals surface area contributed by atoms with Crippen molar-refractivity contribution in [2.24, 2.45) is 0 Å². The highest BCUT2D eigenvalue weighted by Crippen LogP contribution is 2.22. The van der Waals surface area contributed by atoms with Gasteiger partial charge in [-0.2, -0.15) is 5.26 Å². The van der Waals surface area contributed by atoms with Gasteiger partial charge in [0.05, 0.1) is 11.3 Å². The van der Waals surface area contributed by atoms with Crippen LogP contribution in [0, 0.1) is 11.3 Å². The summed E-state index contributed by atoms with van der Waals surface area (Å²) in [7, 11) is 0. The summed E-state index contributed by atoms with van der Waals surface area (Å²) in [4.78, 5) is 2.37. The lowest BCUT2D eigenvalue weighted by atomic mass is 10.1. The molecule has 18 heavy (non-hydrogen) atoms. The Bertz CT molecular complexity index is 399. The average molecular weight is 245 g/mol. The first-order valence-electron chi connectivity index (χ1n) is 6.77. The van der Waals surface area contributed by atoms with E-state index in [0.29, 0.717) is 11.3 Å². The molecule has 0 aliphatic rings. The number of rotatable bonds is 7. The molecule has 2 N–H and O–H groups in total. The molecular weight excluding hydrogens is 222 g/mol. The second-order valence-electron chi connectivity index (χ2n) is 4.58. The molecule has 0 heterocycles. The van der Waals surface area contributed by atoms with Crippen LogP contribution in [0.2, 0.25) is 0 Å². The molecule has 1 aromatic carbocycles. The lowest BCUT2D eigenvalue weighted by molar-refractivity contribution is 0.678. The lowest BCUT2D eigenvalue weighted by Gasteiger charge is -2.25. The van der Waals surface area contributed by atoms with Crippen LogP contribution in [0.3, 0.4) is 0 Å². The van der Waals surface area contributed by atoms with Crippen LogP contribution in [-0.4, -0.2) is 13.1 Å². The molecule has 3 nitrogen and oxygen atoms in total. The number of hydrogen-bond donors (Lipinski definition) is 1. The Kier molecular flexibility index (Phi) is 6.07. The molecule has 0 aromatic heterocycles. The second-order valence-corrected chi connectivity index (χ2v) is 4.58. The lowest BCUT2D eigenvalue weighted by Crippen LogP contribution is -2.25. The van der Waals surface area contributed by atoms with Crippen molar-refractivity contribution in [3.8, 4) is 6.07 Å². The Labute approximate surface area is 110 Å². The van der Waals surface area contributed by atoms with Crippen LogP contribution in [0.25, 0.3) is 0 Å². The maximum absolute atomic E-state index is 8.89. The number of nitrogens with two attached hydrogens (primary N) is 1. The summed E-state index contributed by atoms with van der Waals surface area (Å²) in [6, 6.07) is 7.84. The topological polar surface area (TPSA) is 53.0 Å². The standard InChI is InChI=1S/C15H23N3/c1-3-5-9-18(10-6-4-2)14-8-7-13(12-16)15(17)11-14/h7-8,11H,3-6,9-10,17H2,1-2H3. The smallest absolute Gasteiger partial charge is 0.101 e. The second kappa shape index (κ2) is 7.60. The van der Waals surface area contributed by atoms with E-state index < -0.39 is 0 Å². The largest absolute Gasteiger partial charge is 0.398 e. The molecule has 0 aliphatic heterocycles. The van der Waals surface area contributed by atoms with Crippen molar-refractivity contribution in [3.05, 3.63) is 23.8 Å². The van der Waals surface area contributed by atoms with Gasteiger partial charge in [0.25, 0.3) is 0 Å². The van der Waals surface area contributed by atoms with E-state index in [4.69, 9.17) is 11.0 Å². The van der Waals surface area contributed by atoms with Gasteiger partial charge in [0, 0.05) is 18.8 Å². The summed E-state index contributed by atoms with van der Waals surface area (Å²) in [6.07, 6.45) is 4.75. The summed E-state index contributed by atoms with van der Waals surface area (Å²) in [5.74, 6) is 0. The van der Waals surface area contributed by atoms with Crippen LogP contribution >= 0.6 is 0 Å². The maximum Gasteiger partial charge on any atom is 0.101 e. The quantitative estimate of drug-likeness (QED) is 0.747. The van der Waals surface area contributed by atoms with Crippen molar-refractivity contribution in [2.45, 2.75) is 39.5 Å². The molecule has 0 bridgehead atoms. The third-order valence-electron chi connectivity index (χ3n) is 3.08. The van der Waals surface area contributed by atoms with E-state index in [1.165, 1.54) is 25.7 Å². The van der Waals surface area contributed by atoms with Crippen LogP contribution in [0.1, 0.15) is 45.1 Å². The fourth-order valence-corrected chi connectivity index (χ4v) is 1.92. The average Bonchev–Trinajstić information content (AvgIpc) is 2.39. The molecule has 98 valence electrons. The van der Waals surface area contributed by atoms with Crippen LogP contribution in [0.15, 0.2) is 18.2 Å². The van der Waals surface area contributed by atoms with Crippen molar-refractivity contribution in [2.75, 3.05) is 23.7 Å². The third kappa shape index (κ3) is 3.96. The minimum atomic E-state index is 0.560. The minimum Gasteiger partial charge on any atom is -0.398 e. The van der Waals surface area contributed by atoms with Gasteiger partial charge in [0.2, 0.25) is 0 Å². The van der Waals surface area contributed by atoms with Gasteiger partial charge in [0.15, 0.2) is 0 Å². The van der Waals surface area contributed by atoms with Gasteiger partial charge in [-0.1, -0.05) is 26.7 Å². The highest BCUT2D eigenvalue weighted by atomic mass is 15.1. The van der Waals surface area contributed by atoms with E-state index in [9.17, 15) is 0 Å². The number of nitrogens with zero attached hydrogens (tertiary/aromatic N) is 2. The first-order chi connectivity index (χ1) is 8.72. The number of unbranched alkanes of at least 4 members (excludes halogenated alkanes) is 2. The fraction of sp³-hybridized carbons (Fsp3) is 0.533. The molecule has 0 aliphatic carbocycles. The molecule has 0 radical (unpaired) electrons. The Morgan fingerprint density at radius 1 is 1.17 bits per heavy atom. The molecule has 0 saturated heterocycles. The molecule has 0 unspecified atom stereocenters. The molecule has 3 heteroatoms. The van der Waals surface area contributed by atoms with Crippen molar-refractivity contribution in [1.29, 1.82) is 5.26 Å². The van der Waals surface area contributed by atoms with Gasteiger partial charge in [0.1, 0.15) is 6.07 Å². The Morgan fingerprint density at radius 2 is 1.78 bits per heavy atom. The molecule has 0 atom stereocenters. The monoisotopic (exact) mass is 245 g/mol. The van der Waals surface area contributed by atoms with E-state index in [1.54, 1.807) is 0 Å². The third-order valence-corrected chi connectivity index (χ3v) is 3.08. The van der Waals surface area contributed by atoms with Crippen LogP contribution in [0.5, 0.6) is 0 Å². The highest BCUT2D eigenvalue weighted by molar-refractivity contribution is 5.63. The first kappa shape index (κ1) is 14.4. The first-order valence-corrected chi connectivity index (χ1v) is 6.77. The normalized spacial score (nSPS) is 10.1. The molecule has 0 spiro atoms. The fourth-order valence-electron chi connectivity index (χ4n) is 1.92. The Balaban J connectivity index is 2.83. The van der Waals surface area contributed by atoms with Crippen molar-refractivity contribution in [3.63, 3.8) is 0 Å². The zero-order valence-electron chi connectivity index (χ0n) is 11.4. The van der Waals surface area contributed by atoms with Crippen LogP contribution < -0.4 is 10.6 Å². The highest BCUT2D eigenvalue weighted by Gasteiger charge is 2.07. The molecule has 0 saturated carbocycles. The van der Waals surface area contributed by atoms with Gasteiger partial charge in [-0.3, -0.25) is 0 Å². The predicted octanol–water partition coefficient (Wildman–Crippen LogP) is 3.55. The van der Waals surface area contributed by atoms with E-state index >= 15 is 0 Å². The van der Waals surface area contributed by atoms with Crippen molar-refractivity contribution in [1.82, 2.24) is 0 Å². The number of nitriles is 1. The SMILES string of the molecule is CCCCN(CCCC)c1ccc(C#N)c(N)c1. The summed E-state index contributed by atoms with van der Waals surface area (Å²) in [6.45, 7) is 6.51. The minimum absolute atomic E-state index is 0.560. The molecule has 1 aromatic rings. The van der Waals surface area contributed by atoms with Gasteiger partial charge in [-0.05, 0) is 31.0 Å². The summed E-state index contributed by atoms with van der Waals surface area (Å²) in [5.41, 5.74) is 8.15. The predicted molar refractivity (Wildman–Crippen MR) is 77.6 cm³/mol. The molecule has 0 amide bonds. The van der Waals surface area contributed by atoms with Crippen LogP contribution in [0.4, 0.5) is 11.4 Å². The van der Waals surface area contributed by atoms with Crippen molar-refractivity contribution >= 4 is 11.4 Å². The van der Waals surface area contributed by atoms with Gasteiger partial charge >= 0.3 is 0 Å². The zero-order valence-corrected chi connectivity index (χ0v) is 11.4. The Hall–Kier alpha value is -1.69. The summed E-state index contributed by atoms with van der Waals surface area (Å²) >= 11 is 0. The number of benzene rings is 1.